The number of aliphatic hydroxyl groups is 5. The monoisotopic (exact) mass is 548 g/mol. The summed E-state index contributed by atoms with van der Waals surface area (Å²) in [5.74, 6) is -3.29. The molecule has 2 fully saturated rings. The zero-order valence-electron chi connectivity index (χ0n) is 23.7. The van der Waals surface area contributed by atoms with Crippen LogP contribution in [0.3, 0.4) is 0 Å². The Kier molecular flexibility index (Phi) is 12.1. The lowest BCUT2D eigenvalue weighted by atomic mass is 9.70. The Hall–Kier alpha value is -1.15. The van der Waals surface area contributed by atoms with Gasteiger partial charge in [-0.2, -0.15) is 0 Å². The Bertz CT molecular complexity index is 783. The molecular weight excluding hydrogens is 500 g/mol. The largest absolute Gasteiger partial charge is 0.456 e. The van der Waals surface area contributed by atoms with Crippen LogP contribution >= 0.6 is 0 Å². The molecule has 11 nitrogen and oxygen atoms in total. The first-order chi connectivity index (χ1) is 17.8. The fraction of sp³-hybridized carbons (Fsp3) is 0.889. The molecule has 2 aliphatic rings. The van der Waals surface area contributed by atoms with Crippen LogP contribution in [0.15, 0.2) is 11.6 Å². The standard InChI is InChI=1S/C27H48O11/c1-8-16(14-28)9-15(2)19-10-17(34-5)13-22(29)26(3,4)27(33)24(31)21(36-7)12-18(38-27)11-20(35-6)23(30)25(32)37-19/h9,16-24,28-31,33H,8,10-14H2,1-7H3/t16-,17-,18+,19+,20-,21-,22+,23+,24-,27+/m1/s1. The lowest BCUT2D eigenvalue weighted by Crippen LogP contribution is -2.68. The Morgan fingerprint density at radius 3 is 2.18 bits per heavy atom. The molecule has 38 heavy (non-hydrogen) atoms. The van der Waals surface area contributed by atoms with Crippen LogP contribution in [-0.2, 0) is 28.5 Å². The van der Waals surface area contributed by atoms with Crippen molar-refractivity contribution in [1.29, 1.82) is 0 Å². The minimum atomic E-state index is -2.23. The minimum Gasteiger partial charge on any atom is -0.456 e. The van der Waals surface area contributed by atoms with Gasteiger partial charge in [-0.3, -0.25) is 0 Å². The van der Waals surface area contributed by atoms with Crippen molar-refractivity contribution in [2.75, 3.05) is 27.9 Å². The van der Waals surface area contributed by atoms with E-state index in [0.717, 1.165) is 0 Å². The number of carbonyl (C=O) groups is 1. The maximum atomic E-state index is 13.1. The van der Waals surface area contributed by atoms with Crippen LogP contribution in [0.25, 0.3) is 0 Å². The molecule has 2 aliphatic heterocycles. The lowest BCUT2D eigenvalue weighted by Gasteiger charge is -2.54. The van der Waals surface area contributed by atoms with Gasteiger partial charge in [-0.05, 0) is 18.9 Å². The van der Waals surface area contributed by atoms with Gasteiger partial charge in [0.05, 0.1) is 30.5 Å². The van der Waals surface area contributed by atoms with Crippen molar-refractivity contribution < 1.29 is 54.0 Å². The molecule has 10 atom stereocenters. The van der Waals surface area contributed by atoms with Gasteiger partial charge in [0.25, 0.3) is 0 Å². The summed E-state index contributed by atoms with van der Waals surface area (Å²) in [5.41, 5.74) is -0.730. The molecule has 5 N–H and O–H groups in total. The molecule has 2 rings (SSSR count). The van der Waals surface area contributed by atoms with Crippen LogP contribution < -0.4 is 0 Å². The van der Waals surface area contributed by atoms with Crippen LogP contribution in [0, 0.1) is 11.3 Å². The summed E-state index contributed by atoms with van der Waals surface area (Å²) in [7, 11) is 4.20. The van der Waals surface area contributed by atoms with E-state index in [9.17, 15) is 30.3 Å². The first-order valence-electron chi connectivity index (χ1n) is 13.3. The fourth-order valence-corrected chi connectivity index (χ4v) is 5.30. The molecule has 2 heterocycles. The van der Waals surface area contributed by atoms with Crippen molar-refractivity contribution in [3.8, 4) is 0 Å². The first-order valence-corrected chi connectivity index (χ1v) is 13.3. The SMILES string of the molecule is CC[C@H](C=C(C)[C@@H]1C[C@@H](OC)C[C@H](O)C(C)(C)[C@@]2(O)O[C@@H](C[C@@H](OC)[C@H](O)C(=O)O1)C[C@@H](OC)[C@H]2O)CO. The summed E-state index contributed by atoms with van der Waals surface area (Å²) in [6.07, 6.45) is -5.71. The smallest absolute Gasteiger partial charge is 0.338 e. The highest BCUT2D eigenvalue weighted by Gasteiger charge is 2.60. The second kappa shape index (κ2) is 14.0. The lowest BCUT2D eigenvalue weighted by molar-refractivity contribution is -0.379. The van der Waals surface area contributed by atoms with E-state index >= 15 is 0 Å². The summed E-state index contributed by atoms with van der Waals surface area (Å²) in [5, 5.41) is 54.7. The van der Waals surface area contributed by atoms with Crippen molar-refractivity contribution in [3.05, 3.63) is 11.6 Å². The molecule has 0 aliphatic carbocycles. The second-order valence-electron chi connectivity index (χ2n) is 11.1. The molecule has 11 heteroatoms. The number of rotatable bonds is 7. The van der Waals surface area contributed by atoms with Gasteiger partial charge < -0.3 is 49.2 Å². The van der Waals surface area contributed by atoms with Gasteiger partial charge in [0.15, 0.2) is 6.10 Å². The van der Waals surface area contributed by atoms with Gasteiger partial charge in [0.2, 0.25) is 5.79 Å². The molecule has 0 radical (unpaired) electrons. The van der Waals surface area contributed by atoms with Crippen molar-refractivity contribution >= 4 is 5.97 Å². The number of ether oxygens (including phenoxy) is 5. The highest BCUT2D eigenvalue weighted by atomic mass is 16.7. The Labute approximate surface area is 225 Å². The van der Waals surface area contributed by atoms with E-state index in [2.05, 4.69) is 0 Å². The maximum Gasteiger partial charge on any atom is 0.338 e. The molecule has 0 aromatic carbocycles. The average Bonchev–Trinajstić information content (AvgIpc) is 2.89. The van der Waals surface area contributed by atoms with Crippen LogP contribution in [0.2, 0.25) is 0 Å². The first kappa shape index (κ1) is 33.1. The van der Waals surface area contributed by atoms with Gasteiger partial charge in [0, 0.05) is 65.0 Å². The molecule has 2 saturated heterocycles. The van der Waals surface area contributed by atoms with Gasteiger partial charge in [-0.1, -0.05) is 26.8 Å². The van der Waals surface area contributed by atoms with Crippen molar-refractivity contribution in [1.82, 2.24) is 0 Å². The van der Waals surface area contributed by atoms with Crippen LogP contribution in [-0.4, -0.2) is 114 Å². The zero-order chi connectivity index (χ0) is 28.8. The normalized spacial score (nSPS) is 40.2. The highest BCUT2D eigenvalue weighted by molar-refractivity contribution is 5.75. The second-order valence-corrected chi connectivity index (χ2v) is 11.1. The highest BCUT2D eigenvalue weighted by Crippen LogP contribution is 2.46. The van der Waals surface area contributed by atoms with Crippen molar-refractivity contribution in [3.63, 3.8) is 0 Å². The molecule has 0 aromatic rings. The summed E-state index contributed by atoms with van der Waals surface area (Å²) in [6, 6.07) is 0. The van der Waals surface area contributed by atoms with E-state index in [-0.39, 0.29) is 38.2 Å². The Morgan fingerprint density at radius 1 is 1.05 bits per heavy atom. The number of methoxy groups -OCH3 is 3. The van der Waals surface area contributed by atoms with Gasteiger partial charge in [-0.15, -0.1) is 0 Å². The average molecular weight is 549 g/mol. The number of hydrogen-bond acceptors (Lipinski definition) is 11. The summed E-state index contributed by atoms with van der Waals surface area (Å²) < 4.78 is 28.3. The van der Waals surface area contributed by atoms with Gasteiger partial charge in [-0.25, -0.2) is 4.79 Å². The molecule has 2 bridgehead atoms. The molecule has 0 aromatic heterocycles. The van der Waals surface area contributed by atoms with E-state index in [1.807, 2.05) is 13.0 Å². The van der Waals surface area contributed by atoms with Crippen LogP contribution in [0.1, 0.15) is 59.8 Å². The van der Waals surface area contributed by atoms with Crippen molar-refractivity contribution in [2.45, 2.75) is 114 Å². The van der Waals surface area contributed by atoms with Crippen LogP contribution in [0.5, 0.6) is 0 Å². The number of fused-ring (bicyclic) bond motifs is 2. The number of aliphatic hydroxyl groups excluding tert-OH is 4. The molecule has 0 spiro atoms. The molecular formula is C27H48O11. The third-order valence-electron chi connectivity index (χ3n) is 8.37. The van der Waals surface area contributed by atoms with Gasteiger partial charge >= 0.3 is 5.97 Å². The minimum absolute atomic E-state index is 0.0174. The fourth-order valence-electron chi connectivity index (χ4n) is 5.30. The quantitative estimate of drug-likeness (QED) is 0.224. The van der Waals surface area contributed by atoms with E-state index in [1.165, 1.54) is 21.3 Å². The predicted octanol–water partition coefficient (Wildman–Crippen LogP) is 0.678. The summed E-state index contributed by atoms with van der Waals surface area (Å²) >= 11 is 0. The predicted molar refractivity (Wildman–Crippen MR) is 137 cm³/mol. The van der Waals surface area contributed by atoms with E-state index in [4.69, 9.17) is 23.7 Å². The van der Waals surface area contributed by atoms with E-state index in [0.29, 0.717) is 12.0 Å². The molecule has 0 unspecified atom stereocenters. The summed E-state index contributed by atoms with van der Waals surface area (Å²) in [4.78, 5) is 13.1. The third kappa shape index (κ3) is 7.13. The molecule has 0 saturated carbocycles. The summed E-state index contributed by atoms with van der Waals surface area (Å²) in [6.45, 7) is 6.81. The van der Waals surface area contributed by atoms with Crippen LogP contribution in [0.4, 0.5) is 0 Å². The Morgan fingerprint density at radius 2 is 1.66 bits per heavy atom. The van der Waals surface area contributed by atoms with E-state index in [1.54, 1.807) is 20.8 Å². The molecule has 0 amide bonds. The number of cyclic esters (lactones) is 1. The maximum absolute atomic E-state index is 13.1. The van der Waals surface area contributed by atoms with Crippen molar-refractivity contribution in [2.24, 2.45) is 11.3 Å². The third-order valence-corrected chi connectivity index (χ3v) is 8.37. The topological polar surface area (TPSA) is 164 Å². The number of esters is 1. The zero-order valence-corrected chi connectivity index (χ0v) is 23.7. The van der Waals surface area contributed by atoms with E-state index < -0.39 is 66.0 Å². The van der Waals surface area contributed by atoms with Gasteiger partial charge in [0.1, 0.15) is 12.2 Å². The molecule has 222 valence electrons. The number of carbonyl (C=O) groups excluding carboxylic acids is 1. The number of hydrogen-bond donors (Lipinski definition) is 5. The Balaban J connectivity index is 2.56.